The van der Waals surface area contributed by atoms with Gasteiger partial charge >= 0.3 is 6.01 Å². The van der Waals surface area contributed by atoms with Gasteiger partial charge in [-0.05, 0) is 18.2 Å². The van der Waals surface area contributed by atoms with Gasteiger partial charge in [0, 0.05) is 0 Å². The summed E-state index contributed by atoms with van der Waals surface area (Å²) >= 11 is 2.68. The van der Waals surface area contributed by atoms with Gasteiger partial charge in [-0.15, -0.1) is 10.2 Å². The molecule has 0 spiro atoms. The number of rotatable bonds is 5. The van der Waals surface area contributed by atoms with E-state index in [1.807, 2.05) is 6.92 Å². The fourth-order valence-electron chi connectivity index (χ4n) is 0.942. The van der Waals surface area contributed by atoms with Crippen LogP contribution in [0.3, 0.4) is 0 Å². The molecule has 2 aromatic rings. The van der Waals surface area contributed by atoms with Gasteiger partial charge in [0.15, 0.2) is 4.34 Å². The fourth-order valence-corrected chi connectivity index (χ4v) is 2.27. The summed E-state index contributed by atoms with van der Waals surface area (Å²) in [5.74, 6) is 0.137. The Bertz CT molecular complexity index is 477. The molecule has 0 radical (unpaired) electrons. The number of aromatic nitrogens is 5. The zero-order valence-corrected chi connectivity index (χ0v) is 10.7. The first-order valence-electron chi connectivity index (χ1n) is 4.86. The third-order valence-corrected chi connectivity index (χ3v) is 3.21. The van der Waals surface area contributed by atoms with Gasteiger partial charge in [-0.1, -0.05) is 18.3 Å². The van der Waals surface area contributed by atoms with Crippen molar-refractivity contribution in [3.8, 4) is 6.01 Å². The summed E-state index contributed by atoms with van der Waals surface area (Å²) in [6, 6.07) is 0.242. The SMILES string of the molecule is CCCOc1nc(N)nc(Sc2nncs2)n1. The summed E-state index contributed by atoms with van der Waals surface area (Å²) in [5.41, 5.74) is 7.21. The molecular weight excluding hydrogens is 260 g/mol. The number of nitrogen functional groups attached to an aromatic ring is 1. The van der Waals surface area contributed by atoms with Crippen LogP contribution in [0.5, 0.6) is 6.01 Å². The molecule has 2 rings (SSSR count). The second-order valence-electron chi connectivity index (χ2n) is 2.91. The van der Waals surface area contributed by atoms with Crippen LogP contribution in [0.25, 0.3) is 0 Å². The Hall–Kier alpha value is -1.48. The van der Waals surface area contributed by atoms with Crippen molar-refractivity contribution < 1.29 is 4.74 Å². The number of anilines is 1. The van der Waals surface area contributed by atoms with Crippen LogP contribution in [0.15, 0.2) is 15.0 Å². The van der Waals surface area contributed by atoms with E-state index in [0.29, 0.717) is 11.8 Å². The topological polar surface area (TPSA) is 99.7 Å². The first-order valence-corrected chi connectivity index (χ1v) is 6.56. The lowest BCUT2D eigenvalue weighted by Crippen LogP contribution is -2.05. The molecule has 0 fully saturated rings. The Labute approximate surface area is 106 Å². The highest BCUT2D eigenvalue weighted by molar-refractivity contribution is 8.00. The van der Waals surface area contributed by atoms with Gasteiger partial charge in [0.1, 0.15) is 5.51 Å². The van der Waals surface area contributed by atoms with E-state index < -0.39 is 0 Å². The first-order chi connectivity index (χ1) is 8.28. The van der Waals surface area contributed by atoms with Crippen LogP contribution in [0, 0.1) is 0 Å². The van der Waals surface area contributed by atoms with Gasteiger partial charge in [-0.3, -0.25) is 0 Å². The molecule has 90 valence electrons. The number of ether oxygens (including phenoxy) is 1. The molecule has 0 saturated carbocycles. The quantitative estimate of drug-likeness (QED) is 0.866. The Kier molecular flexibility index (Phi) is 4.04. The van der Waals surface area contributed by atoms with Crippen molar-refractivity contribution in [3.05, 3.63) is 5.51 Å². The molecule has 0 unspecified atom stereocenters. The summed E-state index contributed by atoms with van der Waals surface area (Å²) in [4.78, 5) is 12.0. The largest absolute Gasteiger partial charge is 0.463 e. The van der Waals surface area contributed by atoms with Crippen molar-refractivity contribution in [1.29, 1.82) is 0 Å². The van der Waals surface area contributed by atoms with Crippen molar-refractivity contribution in [2.45, 2.75) is 22.8 Å². The van der Waals surface area contributed by atoms with Crippen LogP contribution >= 0.6 is 23.1 Å². The van der Waals surface area contributed by atoms with Gasteiger partial charge in [-0.25, -0.2) is 0 Å². The minimum atomic E-state index is 0.137. The lowest BCUT2D eigenvalue weighted by atomic mass is 10.5. The maximum atomic E-state index is 5.57. The molecule has 0 bridgehead atoms. The zero-order valence-electron chi connectivity index (χ0n) is 9.03. The minimum Gasteiger partial charge on any atom is -0.463 e. The van der Waals surface area contributed by atoms with Crippen LogP contribution in [0.2, 0.25) is 0 Å². The average molecular weight is 270 g/mol. The maximum Gasteiger partial charge on any atom is 0.322 e. The molecule has 2 N–H and O–H groups in total. The minimum absolute atomic E-state index is 0.137. The number of nitrogens with zero attached hydrogens (tertiary/aromatic N) is 5. The third kappa shape index (κ3) is 3.49. The van der Waals surface area contributed by atoms with Crippen LogP contribution in [0.1, 0.15) is 13.3 Å². The van der Waals surface area contributed by atoms with Gasteiger partial charge < -0.3 is 10.5 Å². The Morgan fingerprint density at radius 3 is 3.00 bits per heavy atom. The van der Waals surface area contributed by atoms with Crippen LogP contribution in [-0.4, -0.2) is 31.8 Å². The molecular formula is C8H10N6OS2. The summed E-state index contributed by atoms with van der Waals surface area (Å²) in [6.45, 7) is 2.55. The summed E-state index contributed by atoms with van der Waals surface area (Å²) in [5, 5.41) is 8.07. The molecule has 0 amide bonds. The Morgan fingerprint density at radius 1 is 1.41 bits per heavy atom. The molecule has 9 heteroatoms. The molecule has 0 aliphatic heterocycles. The molecule has 0 saturated heterocycles. The van der Waals surface area contributed by atoms with Gasteiger partial charge in [0.25, 0.3) is 0 Å². The number of hydrogen-bond donors (Lipinski definition) is 1. The fraction of sp³-hybridized carbons (Fsp3) is 0.375. The summed E-state index contributed by atoms with van der Waals surface area (Å²) < 4.78 is 6.05. The average Bonchev–Trinajstić information content (AvgIpc) is 2.78. The van der Waals surface area contributed by atoms with Crippen molar-refractivity contribution in [3.63, 3.8) is 0 Å². The highest BCUT2D eigenvalue weighted by Gasteiger charge is 2.08. The lowest BCUT2D eigenvalue weighted by Gasteiger charge is -2.03. The van der Waals surface area contributed by atoms with E-state index in [1.165, 1.54) is 23.1 Å². The van der Waals surface area contributed by atoms with Crippen molar-refractivity contribution in [2.24, 2.45) is 0 Å². The molecule has 0 aromatic carbocycles. The van der Waals surface area contributed by atoms with Crippen molar-refractivity contribution in [2.75, 3.05) is 12.3 Å². The molecule has 0 atom stereocenters. The van der Waals surface area contributed by atoms with Crippen molar-refractivity contribution >= 4 is 29.0 Å². The lowest BCUT2D eigenvalue weighted by molar-refractivity contribution is 0.288. The summed E-state index contributed by atoms with van der Waals surface area (Å²) in [6.07, 6.45) is 0.879. The molecule has 17 heavy (non-hydrogen) atoms. The number of hydrogen-bond acceptors (Lipinski definition) is 9. The second kappa shape index (κ2) is 5.73. The highest BCUT2D eigenvalue weighted by atomic mass is 32.2. The van der Waals surface area contributed by atoms with E-state index in [2.05, 4.69) is 25.1 Å². The van der Waals surface area contributed by atoms with E-state index in [0.717, 1.165) is 10.8 Å². The molecule has 2 heterocycles. The van der Waals surface area contributed by atoms with E-state index in [-0.39, 0.29) is 12.0 Å². The van der Waals surface area contributed by atoms with Gasteiger partial charge in [0.05, 0.1) is 6.61 Å². The van der Waals surface area contributed by atoms with Gasteiger partial charge in [0.2, 0.25) is 11.1 Å². The monoisotopic (exact) mass is 270 g/mol. The van der Waals surface area contributed by atoms with Crippen LogP contribution < -0.4 is 10.5 Å². The third-order valence-electron chi connectivity index (χ3n) is 1.57. The van der Waals surface area contributed by atoms with E-state index in [4.69, 9.17) is 10.5 Å². The molecule has 0 aliphatic rings. The predicted octanol–water partition coefficient (Wildman–Crippen LogP) is 1.25. The number of nitrogens with two attached hydrogens (primary N) is 1. The van der Waals surface area contributed by atoms with Crippen molar-refractivity contribution in [1.82, 2.24) is 25.1 Å². The van der Waals surface area contributed by atoms with E-state index >= 15 is 0 Å². The second-order valence-corrected chi connectivity index (χ2v) is 4.96. The standard InChI is InChI=1S/C8H10N6OS2/c1-2-3-15-6-11-5(9)12-7(13-6)17-8-14-10-4-16-8/h4H,2-3H2,1H3,(H2,9,11,12,13). The van der Waals surface area contributed by atoms with Crippen LogP contribution in [-0.2, 0) is 0 Å². The van der Waals surface area contributed by atoms with Gasteiger partial charge in [-0.2, -0.15) is 15.0 Å². The first kappa shape index (κ1) is 12.0. The molecule has 2 aromatic heterocycles. The normalized spacial score (nSPS) is 10.4. The summed E-state index contributed by atoms with van der Waals surface area (Å²) in [7, 11) is 0. The van der Waals surface area contributed by atoms with E-state index in [9.17, 15) is 0 Å². The Balaban J connectivity index is 2.13. The predicted molar refractivity (Wildman–Crippen MR) is 64.1 cm³/mol. The molecule has 7 nitrogen and oxygen atoms in total. The van der Waals surface area contributed by atoms with E-state index in [1.54, 1.807) is 5.51 Å². The highest BCUT2D eigenvalue weighted by Crippen LogP contribution is 2.26. The Morgan fingerprint density at radius 2 is 2.29 bits per heavy atom. The smallest absolute Gasteiger partial charge is 0.322 e. The zero-order chi connectivity index (χ0) is 12.1. The maximum absolute atomic E-state index is 5.57. The molecule has 0 aliphatic carbocycles. The van der Waals surface area contributed by atoms with Crippen LogP contribution in [0.4, 0.5) is 5.95 Å².